The van der Waals surface area contributed by atoms with Gasteiger partial charge in [-0.15, -0.1) is 0 Å². The number of rotatable bonds is 6. The van der Waals surface area contributed by atoms with Crippen LogP contribution in [0.2, 0.25) is 0 Å². The Morgan fingerprint density at radius 1 is 1.21 bits per heavy atom. The number of aryl methyl sites for hydroxylation is 1. The summed E-state index contributed by atoms with van der Waals surface area (Å²) >= 11 is 0. The fourth-order valence-corrected chi connectivity index (χ4v) is 2.97. The van der Waals surface area contributed by atoms with E-state index in [0.717, 1.165) is 5.56 Å². The van der Waals surface area contributed by atoms with E-state index in [-0.39, 0.29) is 36.4 Å². The van der Waals surface area contributed by atoms with Crippen LogP contribution in [0.5, 0.6) is 5.75 Å². The molecule has 0 radical (unpaired) electrons. The molecule has 1 aromatic carbocycles. The second-order valence-corrected chi connectivity index (χ2v) is 6.18. The fourth-order valence-electron chi connectivity index (χ4n) is 2.97. The molecule has 0 aromatic heterocycles. The van der Waals surface area contributed by atoms with Crippen molar-refractivity contribution in [3.8, 4) is 5.75 Å². The lowest BCUT2D eigenvalue weighted by Gasteiger charge is -2.30. The van der Waals surface area contributed by atoms with Crippen LogP contribution < -0.4 is 10.5 Å². The van der Waals surface area contributed by atoms with E-state index in [4.69, 9.17) is 10.5 Å². The minimum absolute atomic E-state index is 0.0575. The van der Waals surface area contributed by atoms with Gasteiger partial charge in [0.15, 0.2) is 5.78 Å². The van der Waals surface area contributed by atoms with Gasteiger partial charge in [-0.1, -0.05) is 11.6 Å². The number of carbonyl (C=O) groups is 3. The summed E-state index contributed by atoms with van der Waals surface area (Å²) < 4.78 is 5.22. The van der Waals surface area contributed by atoms with Crippen LogP contribution in [-0.4, -0.2) is 42.7 Å². The van der Waals surface area contributed by atoms with Gasteiger partial charge in [-0.25, -0.2) is 0 Å². The van der Waals surface area contributed by atoms with Crippen LogP contribution in [0.15, 0.2) is 18.2 Å². The van der Waals surface area contributed by atoms with Crippen molar-refractivity contribution in [1.29, 1.82) is 0 Å². The molecule has 1 aromatic rings. The Kier molecular flexibility index (Phi) is 5.95. The first-order chi connectivity index (χ1) is 11.4. The van der Waals surface area contributed by atoms with Crippen LogP contribution in [0.4, 0.5) is 0 Å². The molecular formula is C18H24N2O4. The van der Waals surface area contributed by atoms with E-state index >= 15 is 0 Å². The molecular weight excluding hydrogens is 308 g/mol. The highest BCUT2D eigenvalue weighted by atomic mass is 16.5. The van der Waals surface area contributed by atoms with Gasteiger partial charge < -0.3 is 15.4 Å². The maximum Gasteiger partial charge on any atom is 0.223 e. The summed E-state index contributed by atoms with van der Waals surface area (Å²) in [4.78, 5) is 37.5. The second-order valence-electron chi connectivity index (χ2n) is 6.18. The van der Waals surface area contributed by atoms with Crippen molar-refractivity contribution in [2.24, 2.45) is 11.7 Å². The molecule has 1 saturated heterocycles. The van der Waals surface area contributed by atoms with E-state index in [1.807, 2.05) is 13.0 Å². The molecule has 6 nitrogen and oxygen atoms in total. The number of nitrogens with zero attached hydrogens (tertiary/aromatic N) is 1. The normalized spacial score (nSPS) is 15.2. The van der Waals surface area contributed by atoms with Gasteiger partial charge in [0, 0.05) is 31.8 Å². The quantitative estimate of drug-likeness (QED) is 0.803. The third-order valence-corrected chi connectivity index (χ3v) is 4.47. The third-order valence-electron chi connectivity index (χ3n) is 4.47. The second kappa shape index (κ2) is 7.95. The Morgan fingerprint density at radius 3 is 2.46 bits per heavy atom. The van der Waals surface area contributed by atoms with E-state index < -0.39 is 0 Å². The van der Waals surface area contributed by atoms with E-state index in [1.54, 1.807) is 17.0 Å². The molecule has 0 aliphatic carbocycles. The fraction of sp³-hybridized carbons (Fsp3) is 0.500. The first-order valence-electron chi connectivity index (χ1n) is 8.17. The highest BCUT2D eigenvalue weighted by Gasteiger charge is 2.26. The molecule has 0 saturated carbocycles. The molecule has 1 heterocycles. The van der Waals surface area contributed by atoms with Gasteiger partial charge in [0.05, 0.1) is 12.7 Å². The maximum absolute atomic E-state index is 12.4. The number of Topliss-reactive ketones (excluding diaryl/α,β-unsaturated/α-hetero) is 1. The van der Waals surface area contributed by atoms with E-state index in [9.17, 15) is 14.4 Å². The molecule has 2 amide bonds. The van der Waals surface area contributed by atoms with E-state index in [1.165, 1.54) is 7.11 Å². The topological polar surface area (TPSA) is 89.7 Å². The summed E-state index contributed by atoms with van der Waals surface area (Å²) in [5.74, 6) is -0.0785. The lowest BCUT2D eigenvalue weighted by Crippen LogP contribution is -2.41. The number of primary amides is 1. The van der Waals surface area contributed by atoms with Crippen molar-refractivity contribution in [2.75, 3.05) is 20.2 Å². The Morgan fingerprint density at radius 2 is 1.88 bits per heavy atom. The average Bonchev–Trinajstić information content (AvgIpc) is 2.59. The predicted octanol–water partition coefficient (Wildman–Crippen LogP) is 1.69. The van der Waals surface area contributed by atoms with Gasteiger partial charge in [-0.05, 0) is 31.9 Å². The number of methoxy groups -OCH3 is 1. The van der Waals surface area contributed by atoms with Crippen LogP contribution in [0.3, 0.4) is 0 Å². The van der Waals surface area contributed by atoms with Gasteiger partial charge >= 0.3 is 0 Å². The molecule has 1 aliphatic rings. The van der Waals surface area contributed by atoms with Crippen molar-refractivity contribution in [3.63, 3.8) is 0 Å². The SMILES string of the molecule is COc1ccc(C)cc1C(=O)CCC(=O)N1CCC(C(N)=O)CC1. The van der Waals surface area contributed by atoms with Crippen molar-refractivity contribution >= 4 is 17.6 Å². The molecule has 1 fully saturated rings. The minimum Gasteiger partial charge on any atom is -0.496 e. The Balaban J connectivity index is 1.89. The van der Waals surface area contributed by atoms with Crippen LogP contribution in [0.25, 0.3) is 0 Å². The number of carbonyl (C=O) groups excluding carboxylic acids is 3. The predicted molar refractivity (Wildman–Crippen MR) is 89.8 cm³/mol. The Labute approximate surface area is 142 Å². The number of hydrogen-bond acceptors (Lipinski definition) is 4. The molecule has 24 heavy (non-hydrogen) atoms. The monoisotopic (exact) mass is 332 g/mol. The number of nitrogens with two attached hydrogens (primary N) is 1. The molecule has 0 atom stereocenters. The van der Waals surface area contributed by atoms with Gasteiger partial charge in [0.25, 0.3) is 0 Å². The largest absolute Gasteiger partial charge is 0.496 e. The molecule has 2 rings (SSSR count). The molecule has 1 aliphatic heterocycles. The van der Waals surface area contributed by atoms with Gasteiger partial charge in [0.1, 0.15) is 5.75 Å². The van der Waals surface area contributed by atoms with Crippen molar-refractivity contribution < 1.29 is 19.1 Å². The summed E-state index contributed by atoms with van der Waals surface area (Å²) in [6.45, 7) is 2.95. The number of amides is 2. The summed E-state index contributed by atoms with van der Waals surface area (Å²) in [6.07, 6.45) is 1.51. The molecule has 0 unspecified atom stereocenters. The van der Waals surface area contributed by atoms with Gasteiger partial charge in [0.2, 0.25) is 11.8 Å². The van der Waals surface area contributed by atoms with E-state index in [0.29, 0.717) is 37.2 Å². The minimum atomic E-state index is -0.302. The zero-order valence-corrected chi connectivity index (χ0v) is 14.2. The first-order valence-corrected chi connectivity index (χ1v) is 8.17. The standard InChI is InChI=1S/C18H24N2O4/c1-12-3-5-16(24-2)14(11-12)15(21)4-6-17(22)20-9-7-13(8-10-20)18(19)23/h3,5,11,13H,4,6-10H2,1-2H3,(H2,19,23). The lowest BCUT2D eigenvalue weighted by atomic mass is 9.96. The Hall–Kier alpha value is -2.37. The van der Waals surface area contributed by atoms with Crippen LogP contribution in [-0.2, 0) is 9.59 Å². The smallest absolute Gasteiger partial charge is 0.223 e. The molecule has 6 heteroatoms. The zero-order chi connectivity index (χ0) is 17.7. The highest BCUT2D eigenvalue weighted by Crippen LogP contribution is 2.22. The molecule has 130 valence electrons. The van der Waals surface area contributed by atoms with E-state index in [2.05, 4.69) is 0 Å². The number of benzene rings is 1. The van der Waals surface area contributed by atoms with Crippen molar-refractivity contribution in [2.45, 2.75) is 32.6 Å². The highest BCUT2D eigenvalue weighted by molar-refractivity contribution is 6.00. The zero-order valence-electron chi connectivity index (χ0n) is 14.2. The first kappa shape index (κ1) is 18.0. The third kappa shape index (κ3) is 4.34. The number of piperidine rings is 1. The van der Waals surface area contributed by atoms with Crippen LogP contribution >= 0.6 is 0 Å². The van der Waals surface area contributed by atoms with Gasteiger partial charge in [-0.3, -0.25) is 14.4 Å². The van der Waals surface area contributed by atoms with Crippen LogP contribution in [0, 0.1) is 12.8 Å². The number of hydrogen-bond donors (Lipinski definition) is 1. The summed E-state index contributed by atoms with van der Waals surface area (Å²) in [5, 5.41) is 0. The Bertz CT molecular complexity index is 634. The summed E-state index contributed by atoms with van der Waals surface area (Å²) in [7, 11) is 1.52. The maximum atomic E-state index is 12.4. The lowest BCUT2D eigenvalue weighted by molar-refractivity contribution is -0.134. The van der Waals surface area contributed by atoms with Crippen molar-refractivity contribution in [1.82, 2.24) is 4.90 Å². The molecule has 0 spiro atoms. The van der Waals surface area contributed by atoms with Gasteiger partial charge in [-0.2, -0.15) is 0 Å². The van der Waals surface area contributed by atoms with Crippen LogP contribution in [0.1, 0.15) is 41.6 Å². The summed E-state index contributed by atoms with van der Waals surface area (Å²) in [6, 6.07) is 5.42. The molecule has 0 bridgehead atoms. The number of likely N-dealkylation sites (tertiary alicyclic amines) is 1. The number of ketones is 1. The molecule has 2 N–H and O–H groups in total. The van der Waals surface area contributed by atoms with Crippen molar-refractivity contribution in [3.05, 3.63) is 29.3 Å². The number of ether oxygens (including phenoxy) is 1. The summed E-state index contributed by atoms with van der Waals surface area (Å²) in [5.41, 5.74) is 6.78. The average molecular weight is 332 g/mol.